The van der Waals surface area contributed by atoms with Crippen LogP contribution in [0.25, 0.3) is 10.9 Å². The Balaban J connectivity index is 1.54. The summed E-state index contributed by atoms with van der Waals surface area (Å²) < 4.78 is 13.2. The number of morpholine rings is 1. The molecule has 0 aliphatic carbocycles. The summed E-state index contributed by atoms with van der Waals surface area (Å²) in [6.07, 6.45) is 0.916. The zero-order valence-corrected chi connectivity index (χ0v) is 20.7. The summed E-state index contributed by atoms with van der Waals surface area (Å²) in [6, 6.07) is 5.70. The second-order valence-corrected chi connectivity index (χ2v) is 9.43. The maximum Gasteiger partial charge on any atom is 0.295 e. The number of nitrogens with one attached hydrogen (secondary N) is 2. The van der Waals surface area contributed by atoms with Gasteiger partial charge in [-0.25, -0.2) is 0 Å². The summed E-state index contributed by atoms with van der Waals surface area (Å²) >= 11 is 12.8. The highest BCUT2D eigenvalue weighted by molar-refractivity contribution is 6.42. The van der Waals surface area contributed by atoms with Crippen molar-refractivity contribution >= 4 is 57.2 Å². The molecule has 5 rings (SSSR count). The van der Waals surface area contributed by atoms with E-state index in [0.717, 1.165) is 29.6 Å². The minimum absolute atomic E-state index is 0.0512. The standard InChI is InChI=1S/C23H26Cl2N6O3/c1-12-10-31(11-13(2)34-12)23-28-20(25)17(24)21(29-23)27-14-5-6-16-15(9-14)18-19(22(32)30(16)3)33-8-4-7-26-18/h5-6,9,12-13,26H,4,7-8,10-11H2,1-3H3,(H,27,28,29). The highest BCUT2D eigenvalue weighted by atomic mass is 35.5. The minimum atomic E-state index is -0.165. The summed E-state index contributed by atoms with van der Waals surface area (Å²) in [5.74, 6) is 1.24. The highest BCUT2D eigenvalue weighted by Crippen LogP contribution is 2.36. The first-order valence-electron chi connectivity index (χ1n) is 11.3. The largest absolute Gasteiger partial charge is 0.486 e. The third-order valence-electron chi connectivity index (χ3n) is 5.99. The Hall–Kier alpha value is -2.75. The summed E-state index contributed by atoms with van der Waals surface area (Å²) in [7, 11) is 1.74. The van der Waals surface area contributed by atoms with Gasteiger partial charge in [0.25, 0.3) is 5.56 Å². The van der Waals surface area contributed by atoms with Crippen molar-refractivity contribution in [3.8, 4) is 5.75 Å². The maximum atomic E-state index is 12.8. The molecule has 11 heteroatoms. The fraction of sp³-hybridized carbons (Fsp3) is 0.435. The molecule has 2 unspecified atom stereocenters. The average molecular weight is 505 g/mol. The third kappa shape index (κ3) is 4.23. The summed E-state index contributed by atoms with van der Waals surface area (Å²) in [6.45, 7) is 6.56. The van der Waals surface area contributed by atoms with Crippen molar-refractivity contribution in [2.24, 2.45) is 7.05 Å². The Morgan fingerprint density at radius 3 is 2.71 bits per heavy atom. The number of ether oxygens (including phenoxy) is 2. The molecule has 0 spiro atoms. The zero-order chi connectivity index (χ0) is 24.0. The van der Waals surface area contributed by atoms with Gasteiger partial charge in [0.05, 0.1) is 30.0 Å². The van der Waals surface area contributed by atoms with Crippen molar-refractivity contribution in [3.05, 3.63) is 38.7 Å². The fourth-order valence-corrected chi connectivity index (χ4v) is 4.77. The summed E-state index contributed by atoms with van der Waals surface area (Å²) in [5, 5.41) is 7.90. The number of rotatable bonds is 3. The smallest absolute Gasteiger partial charge is 0.295 e. The molecule has 2 aromatic heterocycles. The lowest BCUT2D eigenvalue weighted by atomic mass is 10.1. The average Bonchev–Trinajstić information content (AvgIpc) is 3.06. The third-order valence-corrected chi connectivity index (χ3v) is 6.71. The summed E-state index contributed by atoms with van der Waals surface area (Å²) in [4.78, 5) is 23.9. The molecule has 3 aromatic rings. The van der Waals surface area contributed by atoms with Gasteiger partial charge < -0.3 is 29.6 Å². The van der Waals surface area contributed by atoms with E-state index in [1.807, 2.05) is 36.9 Å². The molecule has 0 saturated carbocycles. The number of fused-ring (bicyclic) bond motifs is 3. The molecular formula is C23H26Cl2N6O3. The van der Waals surface area contributed by atoms with Crippen molar-refractivity contribution in [1.29, 1.82) is 0 Å². The van der Waals surface area contributed by atoms with Crippen LogP contribution in [-0.4, -0.2) is 53.0 Å². The topological polar surface area (TPSA) is 93.5 Å². The number of benzene rings is 1. The Kier molecular flexibility index (Phi) is 6.18. The van der Waals surface area contributed by atoms with E-state index in [-0.39, 0.29) is 27.9 Å². The first-order valence-corrected chi connectivity index (χ1v) is 12.0. The molecule has 180 valence electrons. The lowest BCUT2D eigenvalue weighted by Crippen LogP contribution is -2.46. The number of nitrogens with zero attached hydrogens (tertiary/aromatic N) is 4. The molecule has 0 radical (unpaired) electrons. The monoisotopic (exact) mass is 504 g/mol. The van der Waals surface area contributed by atoms with Crippen molar-refractivity contribution < 1.29 is 9.47 Å². The van der Waals surface area contributed by atoms with Crippen LogP contribution in [0.1, 0.15) is 20.3 Å². The van der Waals surface area contributed by atoms with Gasteiger partial charge in [-0.05, 0) is 38.5 Å². The van der Waals surface area contributed by atoms with E-state index in [2.05, 4.69) is 20.6 Å². The van der Waals surface area contributed by atoms with E-state index in [1.54, 1.807) is 11.6 Å². The van der Waals surface area contributed by atoms with Crippen LogP contribution < -0.4 is 25.8 Å². The minimum Gasteiger partial charge on any atom is -0.486 e. The van der Waals surface area contributed by atoms with Gasteiger partial charge >= 0.3 is 0 Å². The Labute approximate surface area is 207 Å². The Morgan fingerprint density at radius 1 is 1.18 bits per heavy atom. The van der Waals surface area contributed by atoms with Crippen molar-refractivity contribution in [2.45, 2.75) is 32.5 Å². The van der Waals surface area contributed by atoms with Gasteiger partial charge in [-0.2, -0.15) is 9.97 Å². The van der Waals surface area contributed by atoms with E-state index in [1.165, 1.54) is 0 Å². The van der Waals surface area contributed by atoms with Crippen LogP contribution in [0.5, 0.6) is 5.75 Å². The van der Waals surface area contributed by atoms with Gasteiger partial charge in [0.1, 0.15) is 5.02 Å². The molecule has 34 heavy (non-hydrogen) atoms. The van der Waals surface area contributed by atoms with Crippen molar-refractivity contribution in [1.82, 2.24) is 14.5 Å². The molecular weight excluding hydrogens is 479 g/mol. The molecule has 2 N–H and O–H groups in total. The van der Waals surface area contributed by atoms with E-state index in [4.69, 9.17) is 32.7 Å². The second kappa shape index (κ2) is 9.13. The highest BCUT2D eigenvalue weighted by Gasteiger charge is 2.26. The van der Waals surface area contributed by atoms with Crippen LogP contribution in [0.3, 0.4) is 0 Å². The molecule has 2 aliphatic heterocycles. The molecule has 4 heterocycles. The molecule has 9 nitrogen and oxygen atoms in total. The molecule has 1 saturated heterocycles. The molecule has 0 amide bonds. The van der Waals surface area contributed by atoms with Crippen LogP contribution >= 0.6 is 23.2 Å². The van der Waals surface area contributed by atoms with Crippen LogP contribution in [-0.2, 0) is 11.8 Å². The predicted octanol–water partition coefficient (Wildman–Crippen LogP) is 4.19. The van der Waals surface area contributed by atoms with Gasteiger partial charge in [0.2, 0.25) is 11.7 Å². The summed E-state index contributed by atoms with van der Waals surface area (Å²) in [5.41, 5.74) is 2.06. The Bertz CT molecular complexity index is 1300. The predicted molar refractivity (Wildman–Crippen MR) is 135 cm³/mol. The van der Waals surface area contributed by atoms with E-state index in [0.29, 0.717) is 42.9 Å². The van der Waals surface area contributed by atoms with Gasteiger partial charge in [0, 0.05) is 37.8 Å². The molecule has 2 atom stereocenters. The van der Waals surface area contributed by atoms with Crippen molar-refractivity contribution in [3.63, 3.8) is 0 Å². The molecule has 0 bridgehead atoms. The number of hydrogen-bond acceptors (Lipinski definition) is 8. The SMILES string of the molecule is CC1CN(c2nc(Cl)c(Cl)c(Nc3ccc4c(c3)c3c(c(=O)n4C)OCCCN3)n2)CC(C)O1. The number of pyridine rings is 1. The van der Waals surface area contributed by atoms with E-state index >= 15 is 0 Å². The normalized spacial score (nSPS) is 20.3. The van der Waals surface area contributed by atoms with Gasteiger partial charge in [-0.15, -0.1) is 0 Å². The molecule has 2 aliphatic rings. The van der Waals surface area contributed by atoms with Crippen LogP contribution in [0, 0.1) is 0 Å². The number of aryl methyl sites for hydroxylation is 1. The molecule has 1 aromatic carbocycles. The van der Waals surface area contributed by atoms with Crippen LogP contribution in [0.15, 0.2) is 23.0 Å². The zero-order valence-electron chi connectivity index (χ0n) is 19.2. The molecule has 1 fully saturated rings. The van der Waals surface area contributed by atoms with Gasteiger partial charge in [-0.3, -0.25) is 4.79 Å². The van der Waals surface area contributed by atoms with E-state index < -0.39 is 0 Å². The number of anilines is 4. The fourth-order valence-electron chi connectivity index (χ4n) is 4.48. The van der Waals surface area contributed by atoms with Gasteiger partial charge in [-0.1, -0.05) is 23.2 Å². The number of halogens is 2. The maximum absolute atomic E-state index is 12.8. The first kappa shape index (κ1) is 23.0. The lowest BCUT2D eigenvalue weighted by Gasteiger charge is -2.35. The second-order valence-electron chi connectivity index (χ2n) is 8.69. The van der Waals surface area contributed by atoms with Crippen LogP contribution in [0.4, 0.5) is 23.1 Å². The lowest BCUT2D eigenvalue weighted by molar-refractivity contribution is -0.00571. The van der Waals surface area contributed by atoms with Gasteiger partial charge in [0.15, 0.2) is 11.0 Å². The van der Waals surface area contributed by atoms with E-state index in [9.17, 15) is 4.79 Å². The first-order chi connectivity index (χ1) is 16.3. The van der Waals surface area contributed by atoms with Crippen molar-refractivity contribution in [2.75, 3.05) is 41.8 Å². The number of aromatic nitrogens is 3. The van der Waals surface area contributed by atoms with Crippen LogP contribution in [0.2, 0.25) is 10.2 Å². The number of hydrogen-bond donors (Lipinski definition) is 2. The quantitative estimate of drug-likeness (QED) is 0.512. The Morgan fingerprint density at radius 2 is 1.94 bits per heavy atom.